The van der Waals surface area contributed by atoms with Gasteiger partial charge in [-0.3, -0.25) is 9.59 Å². The van der Waals surface area contributed by atoms with E-state index in [2.05, 4.69) is 31.2 Å². The van der Waals surface area contributed by atoms with E-state index in [1.165, 1.54) is 18.5 Å². The van der Waals surface area contributed by atoms with E-state index < -0.39 is 0 Å². The molecule has 0 aliphatic carbocycles. The lowest BCUT2D eigenvalue weighted by molar-refractivity contribution is 0.0276. The van der Waals surface area contributed by atoms with E-state index in [-0.39, 0.29) is 42.1 Å². The van der Waals surface area contributed by atoms with Gasteiger partial charge in [-0.1, -0.05) is 35.9 Å². The summed E-state index contributed by atoms with van der Waals surface area (Å²) in [6.45, 7) is 4.79. The Morgan fingerprint density at radius 3 is 1.59 bits per heavy atom. The zero-order valence-corrected chi connectivity index (χ0v) is 26.3. The van der Waals surface area contributed by atoms with Crippen molar-refractivity contribution in [2.75, 3.05) is 50.0 Å². The number of nitrogens with zero attached hydrogens (tertiary/aromatic N) is 3. The van der Waals surface area contributed by atoms with E-state index >= 15 is 0 Å². The van der Waals surface area contributed by atoms with Crippen LogP contribution >= 0.6 is 24.0 Å². The van der Waals surface area contributed by atoms with Gasteiger partial charge in [-0.25, -0.2) is 9.97 Å². The Kier molecular flexibility index (Phi) is 13.0. The maximum atomic E-state index is 12.1. The van der Waals surface area contributed by atoms with Gasteiger partial charge in [0, 0.05) is 49.9 Å². The smallest absolute Gasteiger partial charge is 0.257 e. The third-order valence-corrected chi connectivity index (χ3v) is 7.29. The van der Waals surface area contributed by atoms with Crippen LogP contribution in [0.5, 0.6) is 0 Å². The van der Waals surface area contributed by atoms with Gasteiger partial charge in [0.2, 0.25) is 0 Å². The molecule has 13 heteroatoms. The van der Waals surface area contributed by atoms with Gasteiger partial charge in [0.05, 0.1) is 36.5 Å². The molecule has 11 nitrogen and oxygen atoms in total. The van der Waals surface area contributed by atoms with Crippen LogP contribution in [0.2, 0.25) is 5.15 Å². The van der Waals surface area contributed by atoms with Crippen LogP contribution in [-0.2, 0) is 9.47 Å². The minimum Gasteiger partial charge on any atom is -0.371 e. The Bertz CT molecular complexity index is 1600. The Balaban J connectivity index is 0.000000205. The average Bonchev–Trinajstić information content (AvgIpc) is 3.10. The number of hydrogen-bond donors (Lipinski definition) is 4. The average molecular weight is 663 g/mol. The highest BCUT2D eigenvalue weighted by atomic mass is 35.5. The summed E-state index contributed by atoms with van der Waals surface area (Å²) in [5.41, 5.74) is 4.76. The number of rotatable bonds is 6. The molecule has 2 fully saturated rings. The molecule has 2 aliphatic rings. The summed E-state index contributed by atoms with van der Waals surface area (Å²) in [7, 11) is 0. The first-order valence-corrected chi connectivity index (χ1v) is 14.8. The minimum absolute atomic E-state index is 0. The van der Waals surface area contributed by atoms with Gasteiger partial charge in [-0.05, 0) is 59.7 Å². The lowest BCUT2D eigenvalue weighted by Gasteiger charge is -2.24. The van der Waals surface area contributed by atoms with Crippen LogP contribution in [0.15, 0.2) is 85.2 Å². The molecule has 46 heavy (non-hydrogen) atoms. The van der Waals surface area contributed by atoms with Crippen molar-refractivity contribution in [3.63, 3.8) is 0 Å². The van der Waals surface area contributed by atoms with Crippen LogP contribution < -0.4 is 21.3 Å². The molecule has 2 amide bonds. The number of nitrogens with one attached hydrogen (secondary N) is 4. The summed E-state index contributed by atoms with van der Waals surface area (Å²) in [5.74, 6) is -0.474. The van der Waals surface area contributed by atoms with Gasteiger partial charge >= 0.3 is 0 Å². The summed E-state index contributed by atoms with van der Waals surface area (Å²) in [4.78, 5) is 32.0. The van der Waals surface area contributed by atoms with Gasteiger partial charge in [-0.15, -0.1) is 12.4 Å². The number of pyridine rings is 2. The Hall–Kier alpha value is -4.41. The van der Waals surface area contributed by atoms with E-state index in [4.69, 9.17) is 26.3 Å². The summed E-state index contributed by atoms with van der Waals surface area (Å²) >= 11 is 5.71. The predicted octanol–water partition coefficient (Wildman–Crippen LogP) is 4.94. The molecular weight excluding hydrogens is 629 g/mol. The van der Waals surface area contributed by atoms with Crippen LogP contribution in [-0.4, -0.2) is 61.2 Å². The lowest BCUT2D eigenvalue weighted by atomic mass is 10.1. The highest BCUT2D eigenvalue weighted by Crippen LogP contribution is 2.22. The Morgan fingerprint density at radius 1 is 0.739 bits per heavy atom. The maximum Gasteiger partial charge on any atom is 0.257 e. The number of hydrogen-bond acceptors (Lipinski definition) is 9. The molecule has 2 unspecified atom stereocenters. The highest BCUT2D eigenvalue weighted by molar-refractivity contribution is 6.29. The highest BCUT2D eigenvalue weighted by Gasteiger charge is 2.17. The zero-order chi connectivity index (χ0) is 31.4. The van der Waals surface area contributed by atoms with Gasteiger partial charge in [-0.2, -0.15) is 5.26 Å². The number of anilines is 2. The van der Waals surface area contributed by atoms with Gasteiger partial charge in [0.25, 0.3) is 11.8 Å². The molecule has 2 saturated heterocycles. The van der Waals surface area contributed by atoms with Crippen molar-refractivity contribution in [1.29, 1.82) is 5.26 Å². The van der Waals surface area contributed by atoms with E-state index in [1.807, 2.05) is 54.6 Å². The van der Waals surface area contributed by atoms with Crippen molar-refractivity contribution in [1.82, 2.24) is 20.6 Å². The molecule has 0 spiro atoms. The molecule has 2 aliphatic heterocycles. The van der Waals surface area contributed by atoms with E-state index in [0.717, 1.165) is 43.0 Å². The summed E-state index contributed by atoms with van der Waals surface area (Å²) < 4.78 is 11.4. The van der Waals surface area contributed by atoms with Crippen LogP contribution in [0.3, 0.4) is 0 Å². The van der Waals surface area contributed by atoms with Crippen LogP contribution in [0, 0.1) is 11.3 Å². The van der Waals surface area contributed by atoms with E-state index in [9.17, 15) is 9.59 Å². The minimum atomic E-state index is -0.259. The topological polar surface area (TPSA) is 150 Å². The third kappa shape index (κ3) is 9.79. The molecule has 0 bridgehead atoms. The molecule has 4 heterocycles. The molecular formula is C33H33Cl2N7O4. The first-order valence-electron chi connectivity index (χ1n) is 14.4. The van der Waals surface area contributed by atoms with Gasteiger partial charge < -0.3 is 30.7 Å². The predicted molar refractivity (Wildman–Crippen MR) is 177 cm³/mol. The summed E-state index contributed by atoms with van der Waals surface area (Å²) in [6, 6.07) is 23.5. The van der Waals surface area contributed by atoms with Crippen molar-refractivity contribution in [2.45, 2.75) is 12.2 Å². The molecule has 2 aromatic carbocycles. The second-order valence-corrected chi connectivity index (χ2v) is 10.6. The number of halogens is 2. The summed E-state index contributed by atoms with van der Waals surface area (Å²) in [5, 5.41) is 21.3. The largest absolute Gasteiger partial charge is 0.371 e. The number of amides is 2. The fourth-order valence-corrected chi connectivity index (χ4v) is 4.74. The zero-order valence-electron chi connectivity index (χ0n) is 24.7. The number of carbonyl (C=O) groups excluding carboxylic acids is 2. The van der Waals surface area contributed by atoms with Crippen molar-refractivity contribution >= 4 is 47.2 Å². The molecule has 0 saturated carbocycles. The molecule has 6 rings (SSSR count). The van der Waals surface area contributed by atoms with Crippen LogP contribution in [0.4, 0.5) is 11.4 Å². The first kappa shape index (κ1) is 34.5. The van der Waals surface area contributed by atoms with Crippen molar-refractivity contribution in [3.8, 4) is 6.07 Å². The second kappa shape index (κ2) is 17.3. The molecule has 2 atom stereocenters. The number of benzene rings is 2. The van der Waals surface area contributed by atoms with Gasteiger partial charge in [0.1, 0.15) is 16.9 Å². The number of ether oxygens (including phenoxy) is 2. The van der Waals surface area contributed by atoms with E-state index in [1.54, 1.807) is 18.2 Å². The van der Waals surface area contributed by atoms with Crippen molar-refractivity contribution in [3.05, 3.63) is 118 Å². The second-order valence-electron chi connectivity index (χ2n) is 10.2. The number of aromatic nitrogens is 2. The normalized spacial score (nSPS) is 17.2. The molecule has 4 aromatic rings. The van der Waals surface area contributed by atoms with E-state index in [0.29, 0.717) is 35.2 Å². The van der Waals surface area contributed by atoms with Crippen LogP contribution in [0.25, 0.3) is 0 Å². The molecule has 238 valence electrons. The molecule has 2 aromatic heterocycles. The Labute approximate surface area is 278 Å². The molecule has 4 N–H and O–H groups in total. The number of morpholine rings is 2. The maximum absolute atomic E-state index is 12.1. The monoisotopic (exact) mass is 661 g/mol. The summed E-state index contributed by atoms with van der Waals surface area (Å²) in [6.07, 6.45) is 2.97. The lowest BCUT2D eigenvalue weighted by Crippen LogP contribution is -2.33. The number of carbonyl (C=O) groups is 2. The Morgan fingerprint density at radius 2 is 1.22 bits per heavy atom. The van der Waals surface area contributed by atoms with Crippen molar-refractivity contribution < 1.29 is 19.1 Å². The molecule has 0 radical (unpaired) electrons. The van der Waals surface area contributed by atoms with Crippen molar-refractivity contribution in [2.24, 2.45) is 0 Å². The van der Waals surface area contributed by atoms with Gasteiger partial charge in [0.15, 0.2) is 0 Å². The first-order chi connectivity index (χ1) is 22.0. The number of nitriles is 1. The quantitative estimate of drug-likeness (QED) is 0.211. The standard InChI is InChI=1S/C17H16N4O2.C16H16ClN3O2.ClH/c18-9-15-6-3-13(10-20-15)17(22)21-14-4-1-12(2-5-14)16-11-19-7-8-23-16;17-15-6-3-12(9-19-15)16(21)20-13-4-1-11(2-5-13)14-10-18-7-8-22-14;/h1-6,10,16,19H,7-8,11H2,(H,21,22);1-6,9,14,18H,7-8,10H2,(H,20,21);1H. The third-order valence-electron chi connectivity index (χ3n) is 7.07. The van der Waals surface area contributed by atoms with Crippen LogP contribution in [0.1, 0.15) is 49.7 Å². The SMILES string of the molecule is Cl.N#Cc1ccc(C(=O)Nc2ccc(C3CNCCO3)cc2)cn1.O=C(Nc1ccc(C2CNCCO2)cc1)c1ccc(Cl)nc1. The fourth-order valence-electron chi connectivity index (χ4n) is 4.63. The fraction of sp³-hybridized carbons (Fsp3) is 0.242.